The van der Waals surface area contributed by atoms with Crippen LogP contribution in [0.15, 0.2) is 48.5 Å². The molecule has 3 rings (SSSR count). The van der Waals surface area contributed by atoms with E-state index >= 15 is 0 Å². The van der Waals surface area contributed by atoms with Gasteiger partial charge in [0.15, 0.2) is 0 Å². The van der Waals surface area contributed by atoms with Gasteiger partial charge in [-0.05, 0) is 23.6 Å². The third-order valence-corrected chi connectivity index (χ3v) is 4.21. The topological polar surface area (TPSA) is 62.0 Å². The molecule has 3 aromatic rings. The van der Waals surface area contributed by atoms with Crippen molar-refractivity contribution in [3.05, 3.63) is 64.8 Å². The minimum atomic E-state index is -0.177. The normalized spacial score (nSPS) is 11.5. The predicted molar refractivity (Wildman–Crippen MR) is 106 cm³/mol. The number of aromatic nitrogens is 1. The Balaban J connectivity index is 2.07. The number of fused-ring (bicyclic) bond motifs is 1. The van der Waals surface area contributed by atoms with Gasteiger partial charge >= 0.3 is 0 Å². The van der Waals surface area contributed by atoms with E-state index in [1.807, 2.05) is 45.0 Å². The molecule has 1 heterocycles. The molecule has 1 aromatic heterocycles. The Morgan fingerprint density at radius 1 is 1.08 bits per heavy atom. The zero-order valence-corrected chi connectivity index (χ0v) is 15.8. The lowest BCUT2D eigenvalue weighted by Crippen LogP contribution is -2.20. The molecule has 1 amide bonds. The Hall–Kier alpha value is -2.59. The van der Waals surface area contributed by atoms with Crippen LogP contribution in [-0.4, -0.2) is 16.7 Å². The van der Waals surface area contributed by atoms with Gasteiger partial charge in [0.05, 0.1) is 5.69 Å². The first-order chi connectivity index (χ1) is 12.2. The zero-order valence-electron chi connectivity index (χ0n) is 15.0. The van der Waals surface area contributed by atoms with Crippen molar-refractivity contribution >= 4 is 39.9 Å². The number of carbonyl (C=O) groups excluding carboxylic acids is 2. The van der Waals surface area contributed by atoms with Crippen LogP contribution in [0.4, 0.5) is 5.69 Å². The van der Waals surface area contributed by atoms with E-state index in [0.717, 1.165) is 5.39 Å². The molecule has 0 fully saturated rings. The number of benzene rings is 2. The average Bonchev–Trinajstić information content (AvgIpc) is 2.90. The number of nitrogens with one attached hydrogen (secondary N) is 2. The first kappa shape index (κ1) is 18.2. The van der Waals surface area contributed by atoms with Gasteiger partial charge < -0.3 is 10.3 Å². The van der Waals surface area contributed by atoms with Gasteiger partial charge in [-0.1, -0.05) is 62.7 Å². The van der Waals surface area contributed by atoms with Gasteiger partial charge in [-0.15, -0.1) is 0 Å². The molecule has 0 bridgehead atoms. The summed E-state index contributed by atoms with van der Waals surface area (Å²) in [6.07, 6.45) is 0.353. The molecule has 0 atom stereocenters. The summed E-state index contributed by atoms with van der Waals surface area (Å²) < 4.78 is 0. The number of anilines is 1. The molecule has 0 spiro atoms. The standard InChI is InChI=1S/C21H21ClN2O2/c1-21(2,3)12-17(25)24-18-15-10-9-14(22)11-16(15)23-19(18)20(26)13-7-5-4-6-8-13/h4-11,23H,12H2,1-3H3,(H,24,25). The molecular weight excluding hydrogens is 348 g/mol. The third-order valence-electron chi connectivity index (χ3n) is 3.98. The fourth-order valence-electron chi connectivity index (χ4n) is 2.87. The Kier molecular flexibility index (Phi) is 4.88. The lowest BCUT2D eigenvalue weighted by atomic mass is 9.92. The molecular formula is C21H21ClN2O2. The van der Waals surface area contributed by atoms with Crippen LogP contribution in [0, 0.1) is 5.41 Å². The molecule has 0 saturated carbocycles. The van der Waals surface area contributed by atoms with Crippen LogP contribution in [0.1, 0.15) is 43.2 Å². The van der Waals surface area contributed by atoms with E-state index in [1.54, 1.807) is 24.3 Å². The van der Waals surface area contributed by atoms with E-state index in [1.165, 1.54) is 0 Å². The predicted octanol–water partition coefficient (Wildman–Crippen LogP) is 5.43. The van der Waals surface area contributed by atoms with Crippen LogP contribution in [-0.2, 0) is 4.79 Å². The van der Waals surface area contributed by atoms with Gasteiger partial charge in [-0.3, -0.25) is 9.59 Å². The van der Waals surface area contributed by atoms with Crippen molar-refractivity contribution in [2.45, 2.75) is 27.2 Å². The van der Waals surface area contributed by atoms with Crippen molar-refractivity contribution in [2.24, 2.45) is 5.41 Å². The van der Waals surface area contributed by atoms with Crippen LogP contribution >= 0.6 is 11.6 Å². The maximum atomic E-state index is 13.0. The number of halogens is 1. The van der Waals surface area contributed by atoms with Gasteiger partial charge in [0, 0.05) is 27.9 Å². The molecule has 2 aromatic carbocycles. The lowest BCUT2D eigenvalue weighted by Gasteiger charge is -2.17. The minimum Gasteiger partial charge on any atom is -0.350 e. The number of carbonyl (C=O) groups is 2. The number of H-pyrrole nitrogens is 1. The number of amides is 1. The summed E-state index contributed by atoms with van der Waals surface area (Å²) in [5, 5.41) is 4.25. The molecule has 0 aliphatic rings. The summed E-state index contributed by atoms with van der Waals surface area (Å²) in [6.45, 7) is 5.99. The van der Waals surface area contributed by atoms with Gasteiger partial charge in [-0.2, -0.15) is 0 Å². The largest absolute Gasteiger partial charge is 0.350 e. The second-order valence-electron chi connectivity index (χ2n) is 7.55. The molecule has 0 radical (unpaired) electrons. The number of aromatic amines is 1. The van der Waals surface area contributed by atoms with Crippen molar-refractivity contribution in [1.29, 1.82) is 0 Å². The van der Waals surface area contributed by atoms with Crippen LogP contribution in [0.25, 0.3) is 10.9 Å². The van der Waals surface area contributed by atoms with Crippen molar-refractivity contribution in [1.82, 2.24) is 4.98 Å². The Morgan fingerprint density at radius 3 is 2.42 bits per heavy atom. The molecule has 134 valence electrons. The maximum absolute atomic E-state index is 13.0. The Bertz CT molecular complexity index is 969. The summed E-state index contributed by atoms with van der Waals surface area (Å²) in [5.41, 5.74) is 1.97. The second-order valence-corrected chi connectivity index (χ2v) is 7.98. The van der Waals surface area contributed by atoms with E-state index < -0.39 is 0 Å². The first-order valence-corrected chi connectivity index (χ1v) is 8.83. The number of rotatable bonds is 4. The molecule has 0 unspecified atom stereocenters. The number of hydrogen-bond acceptors (Lipinski definition) is 2. The highest BCUT2D eigenvalue weighted by Crippen LogP contribution is 2.32. The maximum Gasteiger partial charge on any atom is 0.224 e. The van der Waals surface area contributed by atoms with E-state index in [9.17, 15) is 9.59 Å². The van der Waals surface area contributed by atoms with E-state index in [4.69, 9.17) is 11.6 Å². The summed E-state index contributed by atoms with van der Waals surface area (Å²) in [4.78, 5) is 28.6. The number of ketones is 1. The Labute approximate surface area is 157 Å². The summed E-state index contributed by atoms with van der Waals surface area (Å²) >= 11 is 6.08. The minimum absolute atomic E-state index is 0.129. The molecule has 26 heavy (non-hydrogen) atoms. The molecule has 2 N–H and O–H groups in total. The Morgan fingerprint density at radius 2 is 1.77 bits per heavy atom. The zero-order chi connectivity index (χ0) is 18.9. The monoisotopic (exact) mass is 368 g/mol. The van der Waals surface area contributed by atoms with Crippen LogP contribution in [0.5, 0.6) is 0 Å². The lowest BCUT2D eigenvalue weighted by molar-refractivity contribution is -0.117. The average molecular weight is 369 g/mol. The second kappa shape index (κ2) is 6.96. The van der Waals surface area contributed by atoms with E-state index in [-0.39, 0.29) is 17.1 Å². The van der Waals surface area contributed by atoms with Crippen molar-refractivity contribution in [3.8, 4) is 0 Å². The number of hydrogen-bond donors (Lipinski definition) is 2. The van der Waals surface area contributed by atoms with Gasteiger partial charge in [0.2, 0.25) is 11.7 Å². The van der Waals surface area contributed by atoms with E-state index in [0.29, 0.717) is 33.9 Å². The SMILES string of the molecule is CC(C)(C)CC(=O)Nc1c(C(=O)c2ccccc2)[nH]c2cc(Cl)ccc12. The van der Waals surface area contributed by atoms with Crippen LogP contribution < -0.4 is 5.32 Å². The van der Waals surface area contributed by atoms with Gasteiger partial charge in [0.1, 0.15) is 5.69 Å². The van der Waals surface area contributed by atoms with Crippen LogP contribution in [0.3, 0.4) is 0 Å². The molecule has 5 heteroatoms. The highest BCUT2D eigenvalue weighted by molar-refractivity contribution is 6.31. The summed E-state index contributed by atoms with van der Waals surface area (Å²) in [6, 6.07) is 14.3. The summed E-state index contributed by atoms with van der Waals surface area (Å²) in [7, 11) is 0. The first-order valence-electron chi connectivity index (χ1n) is 8.45. The van der Waals surface area contributed by atoms with Crippen molar-refractivity contribution in [2.75, 3.05) is 5.32 Å². The molecule has 4 nitrogen and oxygen atoms in total. The van der Waals surface area contributed by atoms with Crippen molar-refractivity contribution in [3.63, 3.8) is 0 Å². The summed E-state index contributed by atoms with van der Waals surface area (Å²) in [5.74, 6) is -0.306. The van der Waals surface area contributed by atoms with Gasteiger partial charge in [-0.25, -0.2) is 0 Å². The highest BCUT2D eigenvalue weighted by Gasteiger charge is 2.23. The van der Waals surface area contributed by atoms with E-state index in [2.05, 4.69) is 10.3 Å². The molecule has 0 aliphatic heterocycles. The molecule has 0 aliphatic carbocycles. The molecule has 0 saturated heterocycles. The fourth-order valence-corrected chi connectivity index (χ4v) is 3.04. The van der Waals surface area contributed by atoms with Crippen LogP contribution in [0.2, 0.25) is 5.02 Å². The quantitative estimate of drug-likeness (QED) is 0.603. The smallest absolute Gasteiger partial charge is 0.224 e. The fraction of sp³-hybridized carbons (Fsp3) is 0.238. The van der Waals surface area contributed by atoms with Crippen molar-refractivity contribution < 1.29 is 9.59 Å². The third kappa shape index (κ3) is 3.97. The highest BCUT2D eigenvalue weighted by atomic mass is 35.5. The van der Waals surface area contributed by atoms with Gasteiger partial charge in [0.25, 0.3) is 0 Å².